The summed E-state index contributed by atoms with van der Waals surface area (Å²) in [4.78, 5) is 17.8. The highest BCUT2D eigenvalue weighted by molar-refractivity contribution is 8.00. The third-order valence-electron chi connectivity index (χ3n) is 2.90. The summed E-state index contributed by atoms with van der Waals surface area (Å²) in [6.07, 6.45) is 0. The van der Waals surface area contributed by atoms with Gasteiger partial charge in [0.15, 0.2) is 5.82 Å². The van der Waals surface area contributed by atoms with Gasteiger partial charge in [-0.05, 0) is 31.2 Å². The molecule has 112 valence electrons. The fourth-order valence-electron chi connectivity index (χ4n) is 1.75. The minimum atomic E-state index is -0.223. The van der Waals surface area contributed by atoms with E-state index in [1.165, 1.54) is 11.8 Å². The maximum atomic E-state index is 11.8. The summed E-state index contributed by atoms with van der Waals surface area (Å²) in [5.41, 5.74) is 0.918. The molecule has 0 spiro atoms. The van der Waals surface area contributed by atoms with E-state index in [2.05, 4.69) is 15.2 Å². The van der Waals surface area contributed by atoms with Crippen LogP contribution in [0.5, 0.6) is 5.75 Å². The summed E-state index contributed by atoms with van der Waals surface area (Å²) < 4.78 is 5.12. The first kappa shape index (κ1) is 15.4. The Labute approximate surface area is 127 Å². The first-order valence-corrected chi connectivity index (χ1v) is 7.34. The Balaban J connectivity index is 2.08. The van der Waals surface area contributed by atoms with Gasteiger partial charge in [-0.2, -0.15) is 0 Å². The van der Waals surface area contributed by atoms with E-state index in [0.29, 0.717) is 11.0 Å². The van der Waals surface area contributed by atoms with Crippen LogP contribution < -0.4 is 4.74 Å². The number of aromatic amines is 1. The lowest BCUT2D eigenvalue weighted by Gasteiger charge is -2.14. The van der Waals surface area contributed by atoms with Crippen LogP contribution >= 0.6 is 11.8 Å². The molecule has 0 radical (unpaired) electrons. The molecule has 1 N–H and O–H groups in total. The second-order valence-corrected chi connectivity index (χ2v) is 6.00. The zero-order valence-electron chi connectivity index (χ0n) is 12.5. The third-order valence-corrected chi connectivity index (χ3v) is 3.85. The van der Waals surface area contributed by atoms with Gasteiger partial charge < -0.3 is 9.64 Å². The average molecular weight is 306 g/mol. The summed E-state index contributed by atoms with van der Waals surface area (Å²) in [5.74, 6) is 1.50. The number of rotatable bonds is 5. The minimum Gasteiger partial charge on any atom is -0.497 e. The number of ether oxygens (including phenoxy) is 1. The molecule has 2 aromatic rings. The van der Waals surface area contributed by atoms with Gasteiger partial charge in [0.05, 0.1) is 12.4 Å². The fourth-order valence-corrected chi connectivity index (χ4v) is 2.62. The number of nitrogens with zero attached hydrogens (tertiary/aromatic N) is 3. The van der Waals surface area contributed by atoms with Crippen LogP contribution in [-0.2, 0) is 4.79 Å². The standard InChI is InChI=1S/C14H18N4O2S/c1-9(13(19)18(2)3)21-14-15-12(16-17-14)10-5-7-11(20-4)8-6-10/h5-9H,1-4H3,(H,15,16,17). The van der Waals surface area contributed by atoms with Crippen LogP contribution in [-0.4, -0.2) is 52.4 Å². The zero-order valence-corrected chi connectivity index (χ0v) is 13.3. The van der Waals surface area contributed by atoms with E-state index in [1.807, 2.05) is 31.2 Å². The Morgan fingerprint density at radius 3 is 2.57 bits per heavy atom. The van der Waals surface area contributed by atoms with Crippen molar-refractivity contribution in [3.63, 3.8) is 0 Å². The van der Waals surface area contributed by atoms with Gasteiger partial charge in [-0.25, -0.2) is 4.98 Å². The number of benzene rings is 1. The van der Waals surface area contributed by atoms with Crippen molar-refractivity contribution >= 4 is 17.7 Å². The molecule has 0 bridgehead atoms. The van der Waals surface area contributed by atoms with E-state index >= 15 is 0 Å². The minimum absolute atomic E-state index is 0.0378. The zero-order chi connectivity index (χ0) is 15.4. The highest BCUT2D eigenvalue weighted by Crippen LogP contribution is 2.24. The monoisotopic (exact) mass is 306 g/mol. The quantitative estimate of drug-likeness (QED) is 0.856. The van der Waals surface area contributed by atoms with Crippen molar-refractivity contribution in [2.45, 2.75) is 17.3 Å². The number of H-pyrrole nitrogens is 1. The van der Waals surface area contributed by atoms with Gasteiger partial charge in [-0.3, -0.25) is 9.89 Å². The lowest BCUT2D eigenvalue weighted by molar-refractivity contribution is -0.127. The SMILES string of the molecule is COc1ccc(-c2nc(SC(C)C(=O)N(C)C)n[nH]2)cc1. The summed E-state index contributed by atoms with van der Waals surface area (Å²) in [6, 6.07) is 7.54. The fraction of sp³-hybridized carbons (Fsp3) is 0.357. The van der Waals surface area contributed by atoms with Gasteiger partial charge in [0.1, 0.15) is 5.75 Å². The van der Waals surface area contributed by atoms with Gasteiger partial charge in [0.2, 0.25) is 11.1 Å². The summed E-state index contributed by atoms with van der Waals surface area (Å²) >= 11 is 1.33. The molecule has 7 heteroatoms. The Kier molecular flexibility index (Phi) is 4.85. The number of hydrogen-bond acceptors (Lipinski definition) is 5. The van der Waals surface area contributed by atoms with Crippen LogP contribution in [0, 0.1) is 0 Å². The molecule has 0 aliphatic rings. The van der Waals surface area contributed by atoms with Crippen LogP contribution in [0.1, 0.15) is 6.92 Å². The van der Waals surface area contributed by atoms with E-state index in [0.717, 1.165) is 11.3 Å². The maximum absolute atomic E-state index is 11.8. The Morgan fingerprint density at radius 1 is 1.33 bits per heavy atom. The van der Waals surface area contributed by atoms with Crippen LogP contribution in [0.25, 0.3) is 11.4 Å². The molecule has 1 atom stereocenters. The Hall–Kier alpha value is -2.02. The van der Waals surface area contributed by atoms with Crippen molar-refractivity contribution in [3.05, 3.63) is 24.3 Å². The van der Waals surface area contributed by atoms with Gasteiger partial charge in [0, 0.05) is 19.7 Å². The van der Waals surface area contributed by atoms with Crippen molar-refractivity contribution in [2.24, 2.45) is 0 Å². The van der Waals surface area contributed by atoms with E-state index in [-0.39, 0.29) is 11.2 Å². The summed E-state index contributed by atoms with van der Waals surface area (Å²) in [5, 5.41) is 7.36. The highest BCUT2D eigenvalue weighted by atomic mass is 32.2. The molecule has 0 fully saturated rings. The molecule has 1 aromatic heterocycles. The van der Waals surface area contributed by atoms with Crippen molar-refractivity contribution in [2.75, 3.05) is 21.2 Å². The molecule has 21 heavy (non-hydrogen) atoms. The molecule has 0 aliphatic carbocycles. The van der Waals surface area contributed by atoms with Crippen LogP contribution in [0.3, 0.4) is 0 Å². The van der Waals surface area contributed by atoms with Crippen molar-refractivity contribution in [3.8, 4) is 17.1 Å². The van der Waals surface area contributed by atoms with E-state index in [1.54, 1.807) is 26.1 Å². The smallest absolute Gasteiger partial charge is 0.235 e. The lowest BCUT2D eigenvalue weighted by Crippen LogP contribution is -2.29. The molecule has 1 unspecified atom stereocenters. The predicted octanol–water partition coefficient (Wildman–Crippen LogP) is 2.05. The molecular weight excluding hydrogens is 288 g/mol. The molecular formula is C14H18N4O2S. The van der Waals surface area contributed by atoms with Crippen molar-refractivity contribution in [1.82, 2.24) is 20.1 Å². The van der Waals surface area contributed by atoms with Crippen LogP contribution in [0.15, 0.2) is 29.4 Å². The maximum Gasteiger partial charge on any atom is 0.235 e. The summed E-state index contributed by atoms with van der Waals surface area (Å²) in [7, 11) is 5.10. The van der Waals surface area contributed by atoms with Crippen LogP contribution in [0.4, 0.5) is 0 Å². The Bertz CT molecular complexity index is 610. The number of thioether (sulfide) groups is 1. The van der Waals surface area contributed by atoms with Gasteiger partial charge in [0.25, 0.3) is 0 Å². The predicted molar refractivity (Wildman–Crippen MR) is 82.4 cm³/mol. The second kappa shape index (κ2) is 6.62. The first-order chi connectivity index (χ1) is 10.0. The van der Waals surface area contributed by atoms with E-state index in [4.69, 9.17) is 4.74 Å². The first-order valence-electron chi connectivity index (χ1n) is 6.46. The molecule has 2 rings (SSSR count). The number of amides is 1. The molecule has 0 saturated carbocycles. The topological polar surface area (TPSA) is 71.1 Å². The number of hydrogen-bond donors (Lipinski definition) is 1. The molecule has 1 heterocycles. The van der Waals surface area contributed by atoms with Gasteiger partial charge in [-0.15, -0.1) is 5.10 Å². The number of carbonyl (C=O) groups excluding carboxylic acids is 1. The largest absolute Gasteiger partial charge is 0.497 e. The number of aromatic nitrogens is 3. The highest BCUT2D eigenvalue weighted by Gasteiger charge is 2.18. The molecule has 0 aliphatic heterocycles. The van der Waals surface area contributed by atoms with Crippen LogP contribution in [0.2, 0.25) is 0 Å². The summed E-state index contributed by atoms with van der Waals surface area (Å²) in [6.45, 7) is 1.84. The van der Waals surface area contributed by atoms with Crippen molar-refractivity contribution < 1.29 is 9.53 Å². The number of carbonyl (C=O) groups is 1. The Morgan fingerprint density at radius 2 is 2.00 bits per heavy atom. The van der Waals surface area contributed by atoms with E-state index < -0.39 is 0 Å². The normalized spacial score (nSPS) is 12.0. The number of methoxy groups -OCH3 is 1. The molecule has 6 nitrogen and oxygen atoms in total. The number of nitrogens with one attached hydrogen (secondary N) is 1. The van der Waals surface area contributed by atoms with E-state index in [9.17, 15) is 4.79 Å². The van der Waals surface area contributed by atoms with Gasteiger partial charge >= 0.3 is 0 Å². The average Bonchev–Trinajstić information content (AvgIpc) is 2.94. The molecule has 1 aromatic carbocycles. The lowest BCUT2D eigenvalue weighted by atomic mass is 10.2. The molecule has 0 saturated heterocycles. The van der Waals surface area contributed by atoms with Crippen molar-refractivity contribution in [1.29, 1.82) is 0 Å². The second-order valence-electron chi connectivity index (χ2n) is 4.69. The third kappa shape index (κ3) is 3.75. The molecule has 1 amide bonds. The van der Waals surface area contributed by atoms with Gasteiger partial charge in [-0.1, -0.05) is 11.8 Å².